The first-order chi connectivity index (χ1) is 8.10. The van der Waals surface area contributed by atoms with Crippen molar-refractivity contribution in [3.8, 4) is 0 Å². The van der Waals surface area contributed by atoms with Crippen LogP contribution >= 0.6 is 0 Å². The molecule has 0 rings (SSSR count). The minimum Gasteiger partial charge on any atom is -0.461 e. The molecule has 0 amide bonds. The first kappa shape index (κ1) is 16.1. The molecule has 6 heteroatoms. The second-order valence-electron chi connectivity index (χ2n) is 4.57. The van der Waals surface area contributed by atoms with E-state index in [0.717, 1.165) is 6.92 Å². The highest BCUT2D eigenvalue weighted by Gasteiger charge is 2.28. The maximum absolute atomic E-state index is 11.8. The second-order valence-corrected chi connectivity index (χ2v) is 4.57. The van der Waals surface area contributed by atoms with Gasteiger partial charge in [-0.25, -0.2) is 9.59 Å². The Morgan fingerprint density at radius 2 is 1.61 bits per heavy atom. The molecule has 0 aromatic rings. The summed E-state index contributed by atoms with van der Waals surface area (Å²) in [6, 6.07) is 0. The van der Waals surface area contributed by atoms with E-state index in [0.29, 0.717) is 0 Å². The molecule has 0 saturated carbocycles. The standard InChI is InChI=1S/C12H19NO5/c1-6-17-11(16)9(13)8(7(2)14)10(15)18-12(3,4)5/h6,13H2,1-5H3. The quantitative estimate of drug-likeness (QED) is 0.344. The van der Waals surface area contributed by atoms with Crippen LogP contribution in [0.4, 0.5) is 0 Å². The van der Waals surface area contributed by atoms with Gasteiger partial charge in [0.2, 0.25) is 0 Å². The SMILES string of the molecule is CCOC(=O)C(N)=C(C(C)=O)C(=O)OC(C)(C)C. The summed E-state index contributed by atoms with van der Waals surface area (Å²) in [7, 11) is 0. The van der Waals surface area contributed by atoms with Crippen LogP contribution in [0.3, 0.4) is 0 Å². The molecule has 0 aromatic heterocycles. The molecule has 0 aliphatic rings. The van der Waals surface area contributed by atoms with Gasteiger partial charge in [0.15, 0.2) is 5.78 Å². The number of nitrogens with two attached hydrogens (primary N) is 1. The summed E-state index contributed by atoms with van der Waals surface area (Å²) >= 11 is 0. The zero-order valence-corrected chi connectivity index (χ0v) is 11.3. The first-order valence-electron chi connectivity index (χ1n) is 5.51. The zero-order chi connectivity index (χ0) is 14.5. The predicted molar refractivity (Wildman–Crippen MR) is 64.4 cm³/mol. The molecule has 6 nitrogen and oxygen atoms in total. The van der Waals surface area contributed by atoms with E-state index in [1.54, 1.807) is 27.7 Å². The van der Waals surface area contributed by atoms with E-state index in [4.69, 9.17) is 10.5 Å². The number of hydrogen-bond acceptors (Lipinski definition) is 6. The summed E-state index contributed by atoms with van der Waals surface area (Å²) in [4.78, 5) is 34.5. The second kappa shape index (κ2) is 6.18. The number of ketones is 1. The number of rotatable bonds is 4. The fourth-order valence-electron chi connectivity index (χ4n) is 1.08. The third kappa shape index (κ3) is 4.99. The van der Waals surface area contributed by atoms with Gasteiger partial charge in [0.05, 0.1) is 6.61 Å². The lowest BCUT2D eigenvalue weighted by Crippen LogP contribution is -2.30. The van der Waals surface area contributed by atoms with Gasteiger partial charge >= 0.3 is 11.9 Å². The maximum atomic E-state index is 11.8. The lowest BCUT2D eigenvalue weighted by atomic mass is 10.1. The molecule has 18 heavy (non-hydrogen) atoms. The van der Waals surface area contributed by atoms with Crippen LogP contribution in [0.1, 0.15) is 34.6 Å². The van der Waals surface area contributed by atoms with Crippen molar-refractivity contribution in [1.82, 2.24) is 0 Å². The molecule has 2 N–H and O–H groups in total. The number of esters is 2. The van der Waals surface area contributed by atoms with Gasteiger partial charge in [-0.3, -0.25) is 4.79 Å². The summed E-state index contributed by atoms with van der Waals surface area (Å²) in [6.45, 7) is 7.74. The van der Waals surface area contributed by atoms with Crippen LogP contribution in [-0.4, -0.2) is 29.9 Å². The molecular formula is C12H19NO5. The van der Waals surface area contributed by atoms with Crippen molar-refractivity contribution in [2.45, 2.75) is 40.2 Å². The zero-order valence-electron chi connectivity index (χ0n) is 11.3. The first-order valence-corrected chi connectivity index (χ1v) is 5.51. The van der Waals surface area contributed by atoms with Crippen LogP contribution in [0, 0.1) is 0 Å². The molecule has 0 aromatic carbocycles. The lowest BCUT2D eigenvalue weighted by molar-refractivity contribution is -0.151. The monoisotopic (exact) mass is 257 g/mol. The molecular weight excluding hydrogens is 238 g/mol. The fraction of sp³-hybridized carbons (Fsp3) is 0.583. The molecule has 0 bridgehead atoms. The summed E-state index contributed by atoms with van der Waals surface area (Å²) < 4.78 is 9.64. The average molecular weight is 257 g/mol. The molecule has 0 radical (unpaired) electrons. The van der Waals surface area contributed by atoms with Gasteiger partial charge in [0, 0.05) is 0 Å². The topological polar surface area (TPSA) is 95.7 Å². The van der Waals surface area contributed by atoms with Crippen molar-refractivity contribution < 1.29 is 23.9 Å². The third-order valence-corrected chi connectivity index (χ3v) is 1.72. The van der Waals surface area contributed by atoms with Gasteiger partial charge in [0.25, 0.3) is 0 Å². The Balaban J connectivity index is 5.31. The molecule has 0 heterocycles. The Kier molecular flexibility index (Phi) is 5.55. The van der Waals surface area contributed by atoms with Crippen LogP contribution in [0.2, 0.25) is 0 Å². The molecule has 0 aliphatic carbocycles. The number of Topliss-reactive ketones (excluding diaryl/α,β-unsaturated/α-hetero) is 1. The number of carbonyl (C=O) groups is 3. The smallest absolute Gasteiger partial charge is 0.355 e. The van der Waals surface area contributed by atoms with E-state index < -0.39 is 34.6 Å². The Hall–Kier alpha value is -1.85. The van der Waals surface area contributed by atoms with Crippen LogP contribution in [0.25, 0.3) is 0 Å². The number of ether oxygens (including phenoxy) is 2. The van der Waals surface area contributed by atoms with Gasteiger partial charge in [-0.05, 0) is 34.6 Å². The van der Waals surface area contributed by atoms with Gasteiger partial charge < -0.3 is 15.2 Å². The van der Waals surface area contributed by atoms with Gasteiger partial charge in [-0.15, -0.1) is 0 Å². The molecule has 0 spiro atoms. The highest BCUT2D eigenvalue weighted by Crippen LogP contribution is 2.13. The van der Waals surface area contributed by atoms with Crippen molar-refractivity contribution in [3.05, 3.63) is 11.3 Å². The van der Waals surface area contributed by atoms with Crippen LogP contribution in [0.5, 0.6) is 0 Å². The Labute approximate surface area is 106 Å². The van der Waals surface area contributed by atoms with E-state index >= 15 is 0 Å². The molecule has 0 saturated heterocycles. The van der Waals surface area contributed by atoms with Crippen molar-refractivity contribution in [2.24, 2.45) is 5.73 Å². The normalized spacial score (nSPS) is 12.5. The number of hydrogen-bond donors (Lipinski definition) is 1. The summed E-state index contributed by atoms with van der Waals surface area (Å²) in [6.07, 6.45) is 0. The average Bonchev–Trinajstić information content (AvgIpc) is 2.14. The lowest BCUT2D eigenvalue weighted by Gasteiger charge is -2.20. The van der Waals surface area contributed by atoms with Crippen molar-refractivity contribution >= 4 is 17.7 Å². The van der Waals surface area contributed by atoms with Crippen molar-refractivity contribution in [1.29, 1.82) is 0 Å². The van der Waals surface area contributed by atoms with E-state index in [1.807, 2.05) is 0 Å². The minimum absolute atomic E-state index is 0.0963. The van der Waals surface area contributed by atoms with Crippen molar-refractivity contribution in [3.63, 3.8) is 0 Å². The summed E-state index contributed by atoms with van der Waals surface area (Å²) in [5, 5.41) is 0. The molecule has 0 aliphatic heterocycles. The fourth-order valence-corrected chi connectivity index (χ4v) is 1.08. The molecule has 102 valence electrons. The molecule has 0 unspecified atom stereocenters. The number of carbonyl (C=O) groups excluding carboxylic acids is 3. The van der Waals surface area contributed by atoms with Crippen LogP contribution in [0.15, 0.2) is 11.3 Å². The van der Waals surface area contributed by atoms with E-state index in [-0.39, 0.29) is 6.61 Å². The van der Waals surface area contributed by atoms with Crippen molar-refractivity contribution in [2.75, 3.05) is 6.61 Å². The Bertz CT molecular complexity index is 390. The van der Waals surface area contributed by atoms with E-state index in [9.17, 15) is 14.4 Å². The van der Waals surface area contributed by atoms with Crippen LogP contribution in [-0.2, 0) is 23.9 Å². The highest BCUT2D eigenvalue weighted by atomic mass is 16.6. The summed E-state index contributed by atoms with van der Waals surface area (Å²) in [5.74, 6) is -2.48. The largest absolute Gasteiger partial charge is 0.461 e. The highest BCUT2D eigenvalue weighted by molar-refractivity contribution is 6.20. The predicted octanol–water partition coefficient (Wildman–Crippen LogP) is 0.693. The van der Waals surface area contributed by atoms with E-state index in [2.05, 4.69) is 4.74 Å². The van der Waals surface area contributed by atoms with Crippen LogP contribution < -0.4 is 5.73 Å². The Morgan fingerprint density at radius 3 is 1.94 bits per heavy atom. The molecule has 0 fully saturated rings. The van der Waals surface area contributed by atoms with Gasteiger partial charge in [-0.1, -0.05) is 0 Å². The summed E-state index contributed by atoms with van der Waals surface area (Å²) in [5.41, 5.74) is 3.65. The Morgan fingerprint density at radius 1 is 1.11 bits per heavy atom. The van der Waals surface area contributed by atoms with Gasteiger partial charge in [-0.2, -0.15) is 0 Å². The van der Waals surface area contributed by atoms with Gasteiger partial charge in [0.1, 0.15) is 16.9 Å². The minimum atomic E-state index is -0.930. The molecule has 0 atom stereocenters. The maximum Gasteiger partial charge on any atom is 0.355 e. The third-order valence-electron chi connectivity index (χ3n) is 1.72. The van der Waals surface area contributed by atoms with E-state index in [1.165, 1.54) is 0 Å².